The smallest absolute Gasteiger partial charge is 0.345 e. The third-order valence-electron chi connectivity index (χ3n) is 9.06. The number of hydrogen-bond acceptors (Lipinski definition) is 3. The first-order valence-electron chi connectivity index (χ1n) is 16.4. The van der Waals surface area contributed by atoms with E-state index in [9.17, 15) is 0 Å². The Morgan fingerprint density at radius 3 is 1.17 bits per heavy atom. The molecule has 2 aromatic carbocycles. The third-order valence-corrected chi connectivity index (χ3v) is 10.9. The molecule has 0 fully saturated rings. The Balaban J connectivity index is 1.96. The van der Waals surface area contributed by atoms with Crippen molar-refractivity contribution in [3.8, 4) is 11.5 Å². The van der Waals surface area contributed by atoms with Crippen LogP contribution >= 0.6 is 17.9 Å². The van der Waals surface area contributed by atoms with Crippen LogP contribution in [-0.4, -0.2) is 0 Å². The van der Waals surface area contributed by atoms with Crippen molar-refractivity contribution in [1.29, 1.82) is 0 Å². The molecular formula is C36H59O2PS2. The molecule has 0 heterocycles. The highest BCUT2D eigenvalue weighted by atomic mass is 32.9. The summed E-state index contributed by atoms with van der Waals surface area (Å²) in [6.07, 6.45) is 12.4. The van der Waals surface area contributed by atoms with Crippen LogP contribution in [0.15, 0.2) is 48.5 Å². The van der Waals surface area contributed by atoms with Crippen molar-refractivity contribution in [3.63, 3.8) is 0 Å². The standard InChI is InChI=1S/C36H59O2PS2/c1-9-13-27(5)35(15-11-3)29(7)25-31-17-21-33(22-18-31)37-39(40,41)38-34-23-19-32(20-24-34)26-30(8)36(16-12-4)28(6)14-10-2/h17-24,27-30,35-36H,9-16,25-26H2,1-8H3,(H,40,41). The summed E-state index contributed by atoms with van der Waals surface area (Å²) in [5, 5.41) is 0. The summed E-state index contributed by atoms with van der Waals surface area (Å²) in [5.74, 6) is 5.84. The molecule has 0 amide bonds. The van der Waals surface area contributed by atoms with E-state index in [1.165, 1.54) is 62.5 Å². The maximum atomic E-state index is 6.09. The summed E-state index contributed by atoms with van der Waals surface area (Å²) in [6, 6.07) is 16.8. The molecule has 41 heavy (non-hydrogen) atoms. The van der Waals surface area contributed by atoms with Crippen LogP contribution in [0.5, 0.6) is 11.5 Å². The van der Waals surface area contributed by atoms with Gasteiger partial charge in [0.15, 0.2) is 0 Å². The van der Waals surface area contributed by atoms with Gasteiger partial charge in [0.05, 0.1) is 0 Å². The summed E-state index contributed by atoms with van der Waals surface area (Å²) < 4.78 is 12.2. The van der Waals surface area contributed by atoms with Crippen molar-refractivity contribution < 1.29 is 9.05 Å². The summed E-state index contributed by atoms with van der Waals surface area (Å²) in [4.78, 5) is 0. The van der Waals surface area contributed by atoms with Crippen LogP contribution < -0.4 is 9.05 Å². The second-order valence-corrected chi connectivity index (χ2v) is 17.9. The van der Waals surface area contributed by atoms with Crippen LogP contribution in [0.1, 0.15) is 118 Å². The van der Waals surface area contributed by atoms with Crippen molar-refractivity contribution in [2.24, 2.45) is 35.5 Å². The molecular weight excluding hydrogens is 560 g/mol. The van der Waals surface area contributed by atoms with Crippen LogP contribution in [0.4, 0.5) is 0 Å². The Morgan fingerprint density at radius 2 is 0.878 bits per heavy atom. The van der Waals surface area contributed by atoms with E-state index in [4.69, 9.17) is 20.9 Å². The SMILES string of the molecule is CCCC(C)C(CCC)C(C)Cc1ccc(OP(=S)(S)Oc2ccc(CC(C)C(CCC)C(C)CCC)cc2)cc1. The molecule has 0 aliphatic carbocycles. The molecule has 2 rings (SSSR count). The lowest BCUT2D eigenvalue weighted by molar-refractivity contribution is 0.223. The van der Waals surface area contributed by atoms with E-state index in [-0.39, 0.29) is 0 Å². The fourth-order valence-corrected chi connectivity index (χ4v) is 8.87. The Hall–Kier alpha value is -0.960. The lowest BCUT2D eigenvalue weighted by atomic mass is 9.76. The molecule has 2 aromatic rings. The van der Waals surface area contributed by atoms with E-state index in [1.807, 2.05) is 24.3 Å². The van der Waals surface area contributed by atoms with Gasteiger partial charge < -0.3 is 9.05 Å². The van der Waals surface area contributed by atoms with Crippen molar-refractivity contribution >= 4 is 29.7 Å². The van der Waals surface area contributed by atoms with Gasteiger partial charge in [0.2, 0.25) is 0 Å². The fraction of sp³-hybridized carbons (Fsp3) is 0.667. The highest BCUT2D eigenvalue weighted by molar-refractivity contribution is 8.60. The predicted molar refractivity (Wildman–Crippen MR) is 188 cm³/mol. The Bertz CT molecular complexity index is 943. The second kappa shape index (κ2) is 18.6. The molecule has 0 saturated carbocycles. The van der Waals surface area contributed by atoms with Crippen LogP contribution in [0.2, 0.25) is 0 Å². The molecule has 5 heteroatoms. The highest BCUT2D eigenvalue weighted by Crippen LogP contribution is 2.53. The quantitative estimate of drug-likeness (QED) is 0.118. The summed E-state index contributed by atoms with van der Waals surface area (Å²) in [5.41, 5.74) is -0.0939. The Labute approximate surface area is 264 Å². The van der Waals surface area contributed by atoms with Crippen LogP contribution in [0.3, 0.4) is 0 Å². The zero-order valence-electron chi connectivity index (χ0n) is 27.3. The van der Waals surface area contributed by atoms with E-state index in [0.29, 0.717) is 11.8 Å². The van der Waals surface area contributed by atoms with E-state index in [0.717, 1.165) is 48.0 Å². The minimum atomic E-state index is -2.78. The molecule has 0 N–H and O–H groups in total. The molecule has 0 spiro atoms. The predicted octanol–water partition coefficient (Wildman–Crippen LogP) is 12.4. The molecule has 0 bridgehead atoms. The van der Waals surface area contributed by atoms with E-state index < -0.39 is 5.69 Å². The van der Waals surface area contributed by atoms with E-state index in [2.05, 4.69) is 91.9 Å². The van der Waals surface area contributed by atoms with Crippen molar-refractivity contribution in [2.75, 3.05) is 0 Å². The minimum absolute atomic E-state index is 0.658. The van der Waals surface area contributed by atoms with Gasteiger partial charge in [-0.05, 0) is 95.5 Å². The second-order valence-electron chi connectivity index (χ2n) is 12.7. The van der Waals surface area contributed by atoms with Gasteiger partial charge in [0.1, 0.15) is 11.5 Å². The number of rotatable bonds is 20. The van der Waals surface area contributed by atoms with Crippen LogP contribution in [-0.2, 0) is 24.6 Å². The lowest BCUT2D eigenvalue weighted by Crippen LogP contribution is -2.21. The molecule has 6 unspecified atom stereocenters. The highest BCUT2D eigenvalue weighted by Gasteiger charge is 2.24. The van der Waals surface area contributed by atoms with Crippen molar-refractivity contribution in [2.45, 2.75) is 120 Å². The van der Waals surface area contributed by atoms with Gasteiger partial charge in [-0.25, -0.2) is 0 Å². The summed E-state index contributed by atoms with van der Waals surface area (Å²) in [6.45, 7) is 18.9. The molecule has 0 radical (unpaired) electrons. The maximum Gasteiger partial charge on any atom is 0.345 e. The average Bonchev–Trinajstić information content (AvgIpc) is 2.92. The molecule has 0 aliphatic rings. The van der Waals surface area contributed by atoms with Gasteiger partial charge in [-0.2, -0.15) is 0 Å². The fourth-order valence-electron chi connectivity index (χ4n) is 6.97. The molecule has 6 atom stereocenters. The van der Waals surface area contributed by atoms with Crippen LogP contribution in [0.25, 0.3) is 0 Å². The average molecular weight is 619 g/mol. The number of hydrogen-bond donors (Lipinski definition) is 1. The van der Waals surface area contributed by atoms with Crippen molar-refractivity contribution in [3.05, 3.63) is 59.7 Å². The van der Waals surface area contributed by atoms with Crippen molar-refractivity contribution in [1.82, 2.24) is 0 Å². The first kappa shape index (κ1) is 36.2. The molecule has 2 nitrogen and oxygen atoms in total. The largest absolute Gasteiger partial charge is 0.428 e. The van der Waals surface area contributed by atoms with Gasteiger partial charge in [-0.1, -0.05) is 143 Å². The van der Waals surface area contributed by atoms with E-state index >= 15 is 0 Å². The third kappa shape index (κ3) is 12.7. The van der Waals surface area contributed by atoms with Gasteiger partial charge in [0, 0.05) is 0 Å². The zero-order chi connectivity index (χ0) is 30.4. The number of thiol groups is 1. The molecule has 0 saturated heterocycles. The first-order valence-corrected chi connectivity index (χ1v) is 20.2. The van der Waals surface area contributed by atoms with Gasteiger partial charge in [-0.3, -0.25) is 0 Å². The topological polar surface area (TPSA) is 18.5 Å². The van der Waals surface area contributed by atoms with E-state index in [1.54, 1.807) is 0 Å². The molecule has 232 valence electrons. The van der Waals surface area contributed by atoms with Gasteiger partial charge in [0.25, 0.3) is 0 Å². The Kier molecular flexibility index (Phi) is 16.5. The maximum absolute atomic E-state index is 6.09. The molecule has 0 aliphatic heterocycles. The van der Waals surface area contributed by atoms with Gasteiger partial charge >= 0.3 is 5.69 Å². The lowest BCUT2D eigenvalue weighted by Gasteiger charge is -2.30. The Morgan fingerprint density at radius 1 is 0.561 bits per heavy atom. The summed E-state index contributed by atoms with van der Waals surface area (Å²) >= 11 is 10.3. The van der Waals surface area contributed by atoms with Gasteiger partial charge in [-0.15, -0.1) is 0 Å². The normalized spacial score (nSPS) is 17.6. The first-order chi connectivity index (χ1) is 19.5. The summed E-state index contributed by atoms with van der Waals surface area (Å²) in [7, 11) is 0. The zero-order valence-corrected chi connectivity index (χ0v) is 29.9. The minimum Gasteiger partial charge on any atom is -0.428 e. The number of benzene rings is 2. The monoisotopic (exact) mass is 618 g/mol. The molecule has 0 aromatic heterocycles. The van der Waals surface area contributed by atoms with Crippen LogP contribution in [0, 0.1) is 35.5 Å².